The second-order valence-electron chi connectivity index (χ2n) is 5.99. The van der Waals surface area contributed by atoms with Crippen LogP contribution in [0.4, 0.5) is 13.2 Å². The minimum Gasteiger partial charge on any atom is -0.272 e. The van der Waals surface area contributed by atoms with Gasteiger partial charge in [0.25, 0.3) is 0 Å². The van der Waals surface area contributed by atoms with E-state index in [1.165, 1.54) is 4.68 Å². The van der Waals surface area contributed by atoms with Gasteiger partial charge in [0.2, 0.25) is 0 Å². The smallest absolute Gasteiger partial charge is 0.272 e. The highest BCUT2D eigenvalue weighted by Crippen LogP contribution is 2.30. The van der Waals surface area contributed by atoms with Gasteiger partial charge in [-0.2, -0.15) is 28.8 Å². The van der Waals surface area contributed by atoms with Crippen LogP contribution < -0.4 is 0 Å². The van der Waals surface area contributed by atoms with Crippen molar-refractivity contribution in [2.45, 2.75) is 45.3 Å². The predicted molar refractivity (Wildman–Crippen MR) is 69.8 cm³/mol. The Morgan fingerprint density at radius 2 is 1.81 bits per heavy atom. The first kappa shape index (κ1) is 17.0. The van der Waals surface area contributed by atoms with Crippen molar-refractivity contribution in [1.29, 1.82) is 10.5 Å². The van der Waals surface area contributed by atoms with Gasteiger partial charge in [0.1, 0.15) is 5.92 Å². The molecule has 0 radical (unpaired) electrons. The van der Waals surface area contributed by atoms with Gasteiger partial charge < -0.3 is 0 Å². The van der Waals surface area contributed by atoms with E-state index in [9.17, 15) is 13.2 Å². The lowest BCUT2D eigenvalue weighted by molar-refractivity contribution is -0.147. The topological polar surface area (TPSA) is 65.4 Å². The van der Waals surface area contributed by atoms with Gasteiger partial charge in [0, 0.05) is 24.1 Å². The maximum Gasteiger partial charge on any atom is 0.389 e. The first-order valence-corrected chi connectivity index (χ1v) is 6.46. The monoisotopic (exact) mass is 298 g/mol. The second kappa shape index (κ2) is 6.17. The lowest BCUT2D eigenvalue weighted by Crippen LogP contribution is -2.25. The van der Waals surface area contributed by atoms with Gasteiger partial charge in [-0.1, -0.05) is 20.8 Å². The molecule has 21 heavy (non-hydrogen) atoms. The first-order chi connectivity index (χ1) is 9.56. The molecule has 1 heterocycles. The zero-order valence-electron chi connectivity index (χ0n) is 12.1. The molecule has 0 aliphatic heterocycles. The summed E-state index contributed by atoms with van der Waals surface area (Å²) in [6, 6.07) is 4.99. The third-order valence-corrected chi connectivity index (χ3v) is 3.07. The molecule has 0 aromatic carbocycles. The standard InChI is InChI=1S/C14H17F3N4/c1-13(2,3)12-4-5-21(20-12)9-10(6-14(15,16)17)11(7-18)8-19/h4-5,10-11H,6,9H2,1-3H3. The van der Waals surface area contributed by atoms with Crippen LogP contribution in [0.5, 0.6) is 0 Å². The molecule has 1 aromatic heterocycles. The van der Waals surface area contributed by atoms with Crippen molar-refractivity contribution in [2.75, 3.05) is 0 Å². The highest BCUT2D eigenvalue weighted by Gasteiger charge is 2.36. The van der Waals surface area contributed by atoms with E-state index in [1.54, 1.807) is 24.4 Å². The van der Waals surface area contributed by atoms with E-state index >= 15 is 0 Å². The van der Waals surface area contributed by atoms with Crippen LogP contribution in [0.15, 0.2) is 12.3 Å². The van der Waals surface area contributed by atoms with Crippen molar-refractivity contribution < 1.29 is 13.2 Å². The quantitative estimate of drug-likeness (QED) is 0.855. The third kappa shape index (κ3) is 5.11. The number of alkyl halides is 3. The van der Waals surface area contributed by atoms with Crippen LogP contribution >= 0.6 is 0 Å². The van der Waals surface area contributed by atoms with E-state index in [1.807, 2.05) is 20.8 Å². The Labute approximate surface area is 121 Å². The summed E-state index contributed by atoms with van der Waals surface area (Å²) in [6.07, 6.45) is -4.02. The van der Waals surface area contributed by atoms with Gasteiger partial charge in [-0.15, -0.1) is 0 Å². The highest BCUT2D eigenvalue weighted by molar-refractivity contribution is 5.10. The molecule has 0 spiro atoms. The third-order valence-electron chi connectivity index (χ3n) is 3.07. The van der Waals surface area contributed by atoms with Gasteiger partial charge in [-0.05, 0) is 6.07 Å². The first-order valence-electron chi connectivity index (χ1n) is 6.46. The Bertz CT molecular complexity index is 540. The van der Waals surface area contributed by atoms with E-state index in [2.05, 4.69) is 5.10 Å². The van der Waals surface area contributed by atoms with E-state index < -0.39 is 24.4 Å². The minimum atomic E-state index is -4.42. The van der Waals surface area contributed by atoms with Crippen LogP contribution in [0.25, 0.3) is 0 Å². The lowest BCUT2D eigenvalue weighted by Gasteiger charge is -2.19. The van der Waals surface area contributed by atoms with Crippen molar-refractivity contribution in [3.05, 3.63) is 18.0 Å². The molecule has 1 rings (SSSR count). The molecule has 1 unspecified atom stereocenters. The van der Waals surface area contributed by atoms with E-state index in [-0.39, 0.29) is 12.0 Å². The van der Waals surface area contributed by atoms with E-state index in [0.29, 0.717) is 0 Å². The maximum atomic E-state index is 12.6. The van der Waals surface area contributed by atoms with Gasteiger partial charge in [-0.3, -0.25) is 4.68 Å². The molecule has 114 valence electrons. The average molecular weight is 298 g/mol. The summed E-state index contributed by atoms with van der Waals surface area (Å²) in [5.74, 6) is -2.44. The summed E-state index contributed by atoms with van der Waals surface area (Å²) < 4.78 is 39.1. The van der Waals surface area contributed by atoms with Gasteiger partial charge in [0.05, 0.1) is 24.3 Å². The lowest BCUT2D eigenvalue weighted by atomic mass is 9.91. The molecule has 0 aliphatic carbocycles. The fourth-order valence-corrected chi connectivity index (χ4v) is 1.93. The number of hydrogen-bond donors (Lipinski definition) is 0. The van der Waals surface area contributed by atoms with Crippen LogP contribution in [-0.4, -0.2) is 16.0 Å². The average Bonchev–Trinajstić information content (AvgIpc) is 2.76. The Balaban J connectivity index is 2.94. The number of aromatic nitrogens is 2. The van der Waals surface area contributed by atoms with Crippen LogP contribution in [0, 0.1) is 34.5 Å². The van der Waals surface area contributed by atoms with E-state index in [4.69, 9.17) is 10.5 Å². The Morgan fingerprint density at radius 1 is 1.24 bits per heavy atom. The Kier molecular flexibility index (Phi) is 5.01. The van der Waals surface area contributed by atoms with Crippen molar-refractivity contribution in [3.63, 3.8) is 0 Å². The Morgan fingerprint density at radius 3 is 2.19 bits per heavy atom. The molecule has 1 aromatic rings. The number of rotatable bonds is 4. The molecule has 0 aliphatic rings. The normalized spacial score (nSPS) is 13.8. The second-order valence-corrected chi connectivity index (χ2v) is 5.99. The summed E-state index contributed by atoms with van der Waals surface area (Å²) in [4.78, 5) is 0. The van der Waals surface area contributed by atoms with Crippen molar-refractivity contribution in [3.8, 4) is 12.1 Å². The highest BCUT2D eigenvalue weighted by atomic mass is 19.4. The molecular weight excluding hydrogens is 281 g/mol. The molecular formula is C14H17F3N4. The Hall–Kier alpha value is -2.02. The predicted octanol–water partition coefficient (Wildman–Crippen LogP) is 3.41. The van der Waals surface area contributed by atoms with Crippen LogP contribution in [0.3, 0.4) is 0 Å². The number of nitrogens with zero attached hydrogens (tertiary/aromatic N) is 4. The number of hydrogen-bond acceptors (Lipinski definition) is 3. The molecule has 0 N–H and O–H groups in total. The molecule has 0 saturated carbocycles. The largest absolute Gasteiger partial charge is 0.389 e. The zero-order valence-corrected chi connectivity index (χ0v) is 12.1. The molecule has 0 fully saturated rings. The molecule has 4 nitrogen and oxygen atoms in total. The van der Waals surface area contributed by atoms with Crippen molar-refractivity contribution in [2.24, 2.45) is 11.8 Å². The van der Waals surface area contributed by atoms with Gasteiger partial charge >= 0.3 is 6.18 Å². The molecule has 1 atom stereocenters. The van der Waals surface area contributed by atoms with E-state index in [0.717, 1.165) is 5.69 Å². The maximum absolute atomic E-state index is 12.6. The summed E-state index contributed by atoms with van der Waals surface area (Å²) >= 11 is 0. The summed E-state index contributed by atoms with van der Waals surface area (Å²) in [5, 5.41) is 21.9. The van der Waals surface area contributed by atoms with Crippen LogP contribution in [0.2, 0.25) is 0 Å². The summed E-state index contributed by atoms with van der Waals surface area (Å²) in [7, 11) is 0. The number of nitriles is 2. The summed E-state index contributed by atoms with van der Waals surface area (Å²) in [5.41, 5.74) is 0.535. The fourth-order valence-electron chi connectivity index (χ4n) is 1.93. The molecule has 7 heteroatoms. The molecule has 0 bridgehead atoms. The van der Waals surface area contributed by atoms with Crippen molar-refractivity contribution in [1.82, 2.24) is 9.78 Å². The molecule has 0 amide bonds. The number of halogens is 3. The van der Waals surface area contributed by atoms with Crippen LogP contribution in [0.1, 0.15) is 32.9 Å². The molecule has 0 saturated heterocycles. The van der Waals surface area contributed by atoms with Crippen LogP contribution in [-0.2, 0) is 12.0 Å². The fraction of sp³-hybridized carbons (Fsp3) is 0.643. The van der Waals surface area contributed by atoms with Gasteiger partial charge in [-0.25, -0.2) is 0 Å². The summed E-state index contributed by atoms with van der Waals surface area (Å²) in [6.45, 7) is 5.72. The minimum absolute atomic E-state index is 0.110. The van der Waals surface area contributed by atoms with Crippen molar-refractivity contribution >= 4 is 0 Å². The SMILES string of the molecule is CC(C)(C)c1ccn(CC(CC(F)(F)F)C(C#N)C#N)n1. The van der Waals surface area contributed by atoms with Gasteiger partial charge in [0.15, 0.2) is 0 Å². The zero-order chi connectivity index (χ0) is 16.3.